The van der Waals surface area contributed by atoms with Crippen molar-refractivity contribution >= 4 is 25.7 Å². The predicted octanol–water partition coefficient (Wildman–Crippen LogP) is 3.75. The van der Waals surface area contributed by atoms with E-state index in [1.54, 1.807) is 0 Å². The maximum Gasteiger partial charge on any atom is 0.475 e. The molecule has 13 nitrogen and oxygen atoms in total. The van der Waals surface area contributed by atoms with Crippen LogP contribution in [-0.4, -0.2) is 17.9 Å². The van der Waals surface area contributed by atoms with Crippen LogP contribution in [0.2, 0.25) is 0 Å². The molecule has 0 fully saturated rings. The van der Waals surface area contributed by atoms with Crippen LogP contribution in [0.25, 0.3) is 0 Å². The standard InChI is InChI=1S/C30H42N9O4P/c1-19(37-28(31)32)25-10-4-7-22(13-25)16-41-44(40,42-17-23-8-5-11-26(14-23)20(2)38-29(33)34)43-18-24-9-6-12-27(15-24)21(3)39-30(35)36/h4-15,19-21H,16-18H2,1-3H3,(H4,31,32,37)(H4,33,34,38)(H4,35,36,39). The number of hydrogen-bond acceptors (Lipinski definition) is 7. The summed E-state index contributed by atoms with van der Waals surface area (Å²) in [5, 5.41) is 0. The van der Waals surface area contributed by atoms with Gasteiger partial charge in [0.15, 0.2) is 17.9 Å². The average Bonchev–Trinajstić information content (AvgIpc) is 2.97. The Kier molecular flexibility index (Phi) is 12.3. The molecule has 3 unspecified atom stereocenters. The van der Waals surface area contributed by atoms with Crippen LogP contribution in [0.1, 0.15) is 72.3 Å². The fraction of sp³-hybridized carbons (Fsp3) is 0.300. The highest BCUT2D eigenvalue weighted by molar-refractivity contribution is 7.48. The van der Waals surface area contributed by atoms with Crippen LogP contribution >= 0.6 is 7.82 Å². The van der Waals surface area contributed by atoms with E-state index in [1.165, 1.54) is 0 Å². The predicted molar refractivity (Wildman–Crippen MR) is 174 cm³/mol. The number of nitrogens with two attached hydrogens (primary N) is 6. The molecule has 0 heterocycles. The number of phosphoric ester groups is 1. The number of guanidine groups is 3. The summed E-state index contributed by atoms with van der Waals surface area (Å²) in [7, 11) is -4.10. The summed E-state index contributed by atoms with van der Waals surface area (Å²) in [6, 6.07) is 21.4. The van der Waals surface area contributed by atoms with Gasteiger partial charge >= 0.3 is 7.82 Å². The van der Waals surface area contributed by atoms with Gasteiger partial charge in [-0.05, 0) is 54.2 Å². The normalized spacial score (nSPS) is 14.4. The third-order valence-corrected chi connectivity index (χ3v) is 7.83. The van der Waals surface area contributed by atoms with Crippen LogP contribution in [0, 0.1) is 0 Å². The van der Waals surface area contributed by atoms with E-state index in [9.17, 15) is 4.57 Å². The van der Waals surface area contributed by atoms with Gasteiger partial charge in [0.05, 0.1) is 37.9 Å². The first-order chi connectivity index (χ1) is 20.8. The number of benzene rings is 3. The number of rotatable bonds is 15. The first kappa shape index (κ1) is 34.1. The van der Waals surface area contributed by atoms with Gasteiger partial charge in [-0.1, -0.05) is 72.8 Å². The summed E-state index contributed by atoms with van der Waals surface area (Å²) >= 11 is 0. The molecular weight excluding hydrogens is 581 g/mol. The molecule has 0 saturated carbocycles. The Morgan fingerprint density at radius 1 is 0.568 bits per heavy atom. The van der Waals surface area contributed by atoms with Gasteiger partial charge in [-0.25, -0.2) is 19.5 Å². The number of aliphatic imine (C=N–C) groups is 3. The summed E-state index contributed by atoms with van der Waals surface area (Å²) in [6.45, 7) is 5.43. The zero-order valence-electron chi connectivity index (χ0n) is 25.2. The highest BCUT2D eigenvalue weighted by atomic mass is 31.2. The van der Waals surface area contributed by atoms with Crippen LogP contribution in [0.15, 0.2) is 87.8 Å². The molecule has 3 atom stereocenters. The van der Waals surface area contributed by atoms with Crippen LogP contribution < -0.4 is 34.4 Å². The van der Waals surface area contributed by atoms with E-state index >= 15 is 0 Å². The lowest BCUT2D eigenvalue weighted by molar-refractivity contribution is 0.0978. The molecule has 12 N–H and O–H groups in total. The molecule has 0 aliphatic rings. The van der Waals surface area contributed by atoms with Crippen LogP contribution in [0.5, 0.6) is 0 Å². The lowest BCUT2D eigenvalue weighted by Gasteiger charge is -2.19. The van der Waals surface area contributed by atoms with E-state index in [0.29, 0.717) is 0 Å². The first-order valence-corrected chi connectivity index (χ1v) is 15.4. The fourth-order valence-corrected chi connectivity index (χ4v) is 5.44. The molecule has 3 aromatic rings. The molecule has 0 radical (unpaired) electrons. The Balaban J connectivity index is 1.81. The van der Waals surface area contributed by atoms with Gasteiger partial charge in [-0.3, -0.25) is 13.6 Å². The topological polar surface area (TPSA) is 238 Å². The second-order valence-electron chi connectivity index (χ2n) is 10.2. The molecule has 0 amide bonds. The van der Waals surface area contributed by atoms with Gasteiger partial charge < -0.3 is 34.4 Å². The molecule has 44 heavy (non-hydrogen) atoms. The molecule has 0 aromatic heterocycles. The van der Waals surface area contributed by atoms with Crippen molar-refractivity contribution in [2.24, 2.45) is 49.4 Å². The van der Waals surface area contributed by atoms with E-state index in [4.69, 9.17) is 48.0 Å². The van der Waals surface area contributed by atoms with E-state index in [-0.39, 0.29) is 55.8 Å². The molecule has 0 spiro atoms. The molecule has 0 saturated heterocycles. The Labute approximate surface area is 258 Å². The van der Waals surface area contributed by atoms with Crippen molar-refractivity contribution < 1.29 is 18.1 Å². The summed E-state index contributed by atoms with van der Waals surface area (Å²) in [5.74, 6) is -0.0445. The largest absolute Gasteiger partial charge is 0.475 e. The second-order valence-corrected chi connectivity index (χ2v) is 11.9. The number of hydrogen-bond donors (Lipinski definition) is 6. The molecule has 236 valence electrons. The average molecular weight is 624 g/mol. The zero-order chi connectivity index (χ0) is 32.3. The van der Waals surface area contributed by atoms with E-state index in [0.717, 1.165) is 33.4 Å². The monoisotopic (exact) mass is 623 g/mol. The third-order valence-electron chi connectivity index (χ3n) is 6.50. The van der Waals surface area contributed by atoms with Gasteiger partial charge in [-0.2, -0.15) is 0 Å². The molecule has 0 aliphatic heterocycles. The Morgan fingerprint density at radius 2 is 0.841 bits per heavy atom. The maximum absolute atomic E-state index is 14.0. The highest BCUT2D eigenvalue weighted by Gasteiger charge is 2.28. The van der Waals surface area contributed by atoms with Gasteiger partial charge in [0.2, 0.25) is 0 Å². The Bertz CT molecular complexity index is 1350. The molecule has 14 heteroatoms. The van der Waals surface area contributed by atoms with Gasteiger partial charge in [0.1, 0.15) is 0 Å². The smallest absolute Gasteiger partial charge is 0.370 e. The lowest BCUT2D eigenvalue weighted by Crippen LogP contribution is -2.23. The second kappa shape index (κ2) is 15.9. The maximum atomic E-state index is 14.0. The molecule has 0 aliphatic carbocycles. The van der Waals surface area contributed by atoms with E-state index in [2.05, 4.69) is 15.0 Å². The van der Waals surface area contributed by atoms with Crippen LogP contribution in [-0.2, 0) is 38.0 Å². The van der Waals surface area contributed by atoms with Crippen molar-refractivity contribution in [3.8, 4) is 0 Å². The van der Waals surface area contributed by atoms with Gasteiger partial charge in [0.25, 0.3) is 0 Å². The highest BCUT2D eigenvalue weighted by Crippen LogP contribution is 2.51. The van der Waals surface area contributed by atoms with Crippen molar-refractivity contribution in [2.75, 3.05) is 0 Å². The quantitative estimate of drug-likeness (QED) is 0.0814. The van der Waals surface area contributed by atoms with Crippen molar-refractivity contribution in [3.63, 3.8) is 0 Å². The summed E-state index contributed by atoms with van der Waals surface area (Å²) in [6.07, 6.45) is 0. The third kappa shape index (κ3) is 11.0. The number of nitrogens with zero attached hydrogens (tertiary/aromatic N) is 3. The van der Waals surface area contributed by atoms with Crippen molar-refractivity contribution in [3.05, 3.63) is 106 Å². The number of phosphoric acid groups is 1. The van der Waals surface area contributed by atoms with Crippen molar-refractivity contribution in [1.29, 1.82) is 0 Å². The summed E-state index contributed by atoms with van der Waals surface area (Å²) in [5.41, 5.74) is 38.0. The lowest BCUT2D eigenvalue weighted by atomic mass is 10.1. The minimum absolute atomic E-state index is 0.0148. The zero-order valence-corrected chi connectivity index (χ0v) is 26.1. The van der Waals surface area contributed by atoms with Gasteiger partial charge in [0, 0.05) is 0 Å². The first-order valence-electron chi connectivity index (χ1n) is 13.9. The summed E-state index contributed by atoms with van der Waals surface area (Å²) in [4.78, 5) is 12.5. The molecular formula is C30H42N9O4P. The minimum atomic E-state index is -4.10. The van der Waals surface area contributed by atoms with E-state index in [1.807, 2.05) is 93.6 Å². The van der Waals surface area contributed by atoms with Crippen molar-refractivity contribution in [2.45, 2.75) is 58.7 Å². The van der Waals surface area contributed by atoms with Crippen molar-refractivity contribution in [1.82, 2.24) is 0 Å². The van der Waals surface area contributed by atoms with E-state index < -0.39 is 7.82 Å². The van der Waals surface area contributed by atoms with Gasteiger partial charge in [-0.15, -0.1) is 0 Å². The molecule has 3 rings (SSSR count). The SMILES string of the molecule is CC(N=C(N)N)c1cccc(COP(=O)(OCc2cccc(C(C)N=C(N)N)c2)OCc2cccc(C(C)N=C(N)N)c2)c1. The molecule has 0 bridgehead atoms. The summed E-state index contributed by atoms with van der Waals surface area (Å²) < 4.78 is 31.5. The Morgan fingerprint density at radius 3 is 1.09 bits per heavy atom. The van der Waals surface area contributed by atoms with Crippen LogP contribution in [0.3, 0.4) is 0 Å². The molecule has 3 aromatic carbocycles. The minimum Gasteiger partial charge on any atom is -0.370 e. The Hall–Kier alpha value is -4.42. The fourth-order valence-electron chi connectivity index (χ4n) is 4.30. The van der Waals surface area contributed by atoms with Crippen LogP contribution in [0.4, 0.5) is 0 Å².